The molecule has 0 atom stereocenters. The highest BCUT2D eigenvalue weighted by atomic mass is 19.4. The lowest BCUT2D eigenvalue weighted by Gasteiger charge is -2.11. The van der Waals surface area contributed by atoms with Gasteiger partial charge in [-0.05, 0) is 30.3 Å². The maximum Gasteiger partial charge on any atom is 0.416 e. The number of phenolic OH excluding ortho intramolecular Hbond substituents is 1. The maximum atomic E-state index is 13.5. The quantitative estimate of drug-likeness (QED) is 0.824. The molecule has 0 unspecified atom stereocenters. The molecule has 2 aromatic rings. The zero-order chi connectivity index (χ0) is 14.0. The van der Waals surface area contributed by atoms with Crippen LogP contribution in [0.2, 0.25) is 0 Å². The number of ether oxygens (including phenoxy) is 1. The molecule has 100 valence electrons. The van der Waals surface area contributed by atoms with Gasteiger partial charge in [0.05, 0.1) is 5.56 Å². The molecule has 2 rings (SSSR count). The molecule has 0 saturated heterocycles. The fourth-order valence-corrected chi connectivity index (χ4v) is 1.42. The van der Waals surface area contributed by atoms with Crippen molar-refractivity contribution in [1.82, 2.24) is 0 Å². The minimum absolute atomic E-state index is 0.0406. The highest BCUT2D eigenvalue weighted by Crippen LogP contribution is 2.35. The molecule has 19 heavy (non-hydrogen) atoms. The van der Waals surface area contributed by atoms with Crippen molar-refractivity contribution in [2.24, 2.45) is 0 Å². The van der Waals surface area contributed by atoms with Gasteiger partial charge in [-0.3, -0.25) is 0 Å². The SMILES string of the molecule is Oc1ccccc1Oc1ccc(C(F)(F)F)cc1F. The highest BCUT2D eigenvalue weighted by Gasteiger charge is 2.31. The van der Waals surface area contributed by atoms with Gasteiger partial charge in [0, 0.05) is 0 Å². The third kappa shape index (κ3) is 2.96. The van der Waals surface area contributed by atoms with Crippen LogP contribution in [-0.2, 0) is 6.18 Å². The van der Waals surface area contributed by atoms with Crippen LogP contribution in [0.3, 0.4) is 0 Å². The van der Waals surface area contributed by atoms with Crippen LogP contribution in [0.4, 0.5) is 17.6 Å². The van der Waals surface area contributed by atoms with Crippen LogP contribution in [0.25, 0.3) is 0 Å². The summed E-state index contributed by atoms with van der Waals surface area (Å²) < 4.78 is 55.5. The molecular formula is C13H8F4O2. The van der Waals surface area contributed by atoms with Crippen molar-refractivity contribution in [1.29, 1.82) is 0 Å². The summed E-state index contributed by atoms with van der Waals surface area (Å²) in [7, 11) is 0. The van der Waals surface area contributed by atoms with Gasteiger partial charge in [0.1, 0.15) is 0 Å². The Bertz CT molecular complexity index is 593. The van der Waals surface area contributed by atoms with Gasteiger partial charge in [-0.15, -0.1) is 0 Å². The van der Waals surface area contributed by atoms with E-state index in [-0.39, 0.29) is 11.5 Å². The summed E-state index contributed by atoms with van der Waals surface area (Å²) in [4.78, 5) is 0. The third-order valence-electron chi connectivity index (χ3n) is 2.34. The third-order valence-corrected chi connectivity index (χ3v) is 2.34. The summed E-state index contributed by atoms with van der Waals surface area (Å²) in [6, 6.07) is 7.67. The first-order valence-electron chi connectivity index (χ1n) is 5.20. The largest absolute Gasteiger partial charge is 0.504 e. The monoisotopic (exact) mass is 272 g/mol. The number of phenols is 1. The zero-order valence-corrected chi connectivity index (χ0v) is 9.41. The minimum atomic E-state index is -4.62. The summed E-state index contributed by atoms with van der Waals surface area (Å²) in [5.74, 6) is -1.82. The number of alkyl halides is 3. The molecular weight excluding hydrogens is 264 g/mol. The van der Waals surface area contributed by atoms with Crippen LogP contribution in [-0.4, -0.2) is 5.11 Å². The first-order valence-corrected chi connectivity index (χ1v) is 5.20. The Morgan fingerprint density at radius 1 is 0.947 bits per heavy atom. The molecule has 0 aromatic heterocycles. The summed E-state index contributed by atoms with van der Waals surface area (Å²) in [6.07, 6.45) is -4.62. The molecule has 0 saturated carbocycles. The van der Waals surface area contributed by atoms with Gasteiger partial charge in [-0.25, -0.2) is 4.39 Å². The molecule has 0 radical (unpaired) electrons. The van der Waals surface area contributed by atoms with Crippen LogP contribution < -0.4 is 4.74 Å². The second kappa shape index (κ2) is 4.79. The van der Waals surface area contributed by atoms with Gasteiger partial charge in [-0.1, -0.05) is 12.1 Å². The number of benzene rings is 2. The standard InChI is InChI=1S/C13H8F4O2/c14-9-7-8(13(15,16)17)5-6-11(9)19-12-4-2-1-3-10(12)18/h1-7,18H. The van der Waals surface area contributed by atoms with E-state index in [1.165, 1.54) is 24.3 Å². The molecule has 0 aliphatic rings. The van der Waals surface area contributed by atoms with E-state index in [1.807, 2.05) is 0 Å². The Kier molecular flexibility index (Phi) is 3.33. The summed E-state index contributed by atoms with van der Waals surface area (Å²) >= 11 is 0. The van der Waals surface area contributed by atoms with E-state index >= 15 is 0 Å². The van der Waals surface area contributed by atoms with Crippen molar-refractivity contribution < 1.29 is 27.4 Å². The Morgan fingerprint density at radius 3 is 2.21 bits per heavy atom. The van der Waals surface area contributed by atoms with Crippen molar-refractivity contribution in [2.45, 2.75) is 6.18 Å². The van der Waals surface area contributed by atoms with Gasteiger partial charge in [0.2, 0.25) is 0 Å². The van der Waals surface area contributed by atoms with E-state index in [4.69, 9.17) is 4.74 Å². The number of hydrogen-bond acceptors (Lipinski definition) is 2. The van der Waals surface area contributed by atoms with Crippen molar-refractivity contribution in [3.8, 4) is 17.2 Å². The Morgan fingerprint density at radius 2 is 1.63 bits per heavy atom. The number of hydrogen-bond donors (Lipinski definition) is 1. The maximum absolute atomic E-state index is 13.5. The van der Waals surface area contributed by atoms with Crippen molar-refractivity contribution in [3.63, 3.8) is 0 Å². The lowest BCUT2D eigenvalue weighted by molar-refractivity contribution is -0.137. The fourth-order valence-electron chi connectivity index (χ4n) is 1.42. The van der Waals surface area contributed by atoms with Gasteiger partial charge in [-0.2, -0.15) is 13.2 Å². The van der Waals surface area contributed by atoms with Crippen LogP contribution in [0.1, 0.15) is 5.56 Å². The Balaban J connectivity index is 2.30. The topological polar surface area (TPSA) is 29.5 Å². The zero-order valence-electron chi connectivity index (χ0n) is 9.41. The predicted octanol–water partition coefficient (Wildman–Crippen LogP) is 4.34. The number of halogens is 4. The van der Waals surface area contributed by atoms with E-state index in [2.05, 4.69) is 0 Å². The minimum Gasteiger partial charge on any atom is -0.504 e. The summed E-state index contributed by atoms with van der Waals surface area (Å²) in [6.45, 7) is 0. The molecule has 0 amide bonds. The predicted molar refractivity (Wildman–Crippen MR) is 59.6 cm³/mol. The van der Waals surface area contributed by atoms with Crippen LogP contribution >= 0.6 is 0 Å². The first-order chi connectivity index (χ1) is 8.88. The van der Waals surface area contributed by atoms with Crippen LogP contribution in [0.5, 0.6) is 17.2 Å². The summed E-state index contributed by atoms with van der Waals surface area (Å²) in [5, 5.41) is 9.42. The molecule has 2 nitrogen and oxygen atoms in total. The molecule has 0 aliphatic heterocycles. The van der Waals surface area contributed by atoms with Crippen molar-refractivity contribution in [2.75, 3.05) is 0 Å². The smallest absolute Gasteiger partial charge is 0.416 e. The molecule has 1 N–H and O–H groups in total. The van der Waals surface area contributed by atoms with E-state index in [1.54, 1.807) is 0 Å². The fraction of sp³-hybridized carbons (Fsp3) is 0.0769. The Labute approximate surface area is 105 Å². The molecule has 0 heterocycles. The van der Waals surface area contributed by atoms with Crippen LogP contribution in [0.15, 0.2) is 42.5 Å². The number of rotatable bonds is 2. The molecule has 6 heteroatoms. The molecule has 0 bridgehead atoms. The van der Waals surface area contributed by atoms with E-state index in [0.29, 0.717) is 12.1 Å². The lowest BCUT2D eigenvalue weighted by atomic mass is 10.2. The van der Waals surface area contributed by atoms with E-state index < -0.39 is 23.3 Å². The highest BCUT2D eigenvalue weighted by molar-refractivity contribution is 5.42. The first kappa shape index (κ1) is 13.2. The average Bonchev–Trinajstić information content (AvgIpc) is 2.33. The average molecular weight is 272 g/mol. The van der Waals surface area contributed by atoms with Gasteiger partial charge in [0.25, 0.3) is 0 Å². The molecule has 0 spiro atoms. The second-order valence-electron chi connectivity index (χ2n) is 3.71. The number of aromatic hydroxyl groups is 1. The molecule has 0 fully saturated rings. The number of para-hydroxylation sites is 2. The van der Waals surface area contributed by atoms with Crippen molar-refractivity contribution >= 4 is 0 Å². The summed E-state index contributed by atoms with van der Waals surface area (Å²) in [5.41, 5.74) is -1.10. The van der Waals surface area contributed by atoms with Gasteiger partial charge < -0.3 is 9.84 Å². The van der Waals surface area contributed by atoms with Gasteiger partial charge >= 0.3 is 6.18 Å². The molecule has 2 aromatic carbocycles. The lowest BCUT2D eigenvalue weighted by Crippen LogP contribution is -2.05. The Hall–Kier alpha value is -2.24. The van der Waals surface area contributed by atoms with E-state index in [0.717, 1.165) is 6.07 Å². The van der Waals surface area contributed by atoms with Gasteiger partial charge in [0.15, 0.2) is 23.1 Å². The normalized spacial score (nSPS) is 11.4. The molecule has 0 aliphatic carbocycles. The van der Waals surface area contributed by atoms with Crippen molar-refractivity contribution in [3.05, 3.63) is 53.8 Å². The van der Waals surface area contributed by atoms with E-state index in [9.17, 15) is 22.7 Å². The second-order valence-corrected chi connectivity index (χ2v) is 3.71. The van der Waals surface area contributed by atoms with Crippen LogP contribution in [0, 0.1) is 5.82 Å².